The van der Waals surface area contributed by atoms with E-state index >= 15 is 0 Å². The average molecular weight is 319 g/mol. The molecule has 2 aliphatic carbocycles. The van der Waals surface area contributed by atoms with Gasteiger partial charge < -0.3 is 0 Å². The fourth-order valence-corrected chi connectivity index (χ4v) is 3.33. The molecule has 0 amide bonds. The van der Waals surface area contributed by atoms with Gasteiger partial charge in [-0.25, -0.2) is 10.2 Å². The number of hydrogen-bond acceptors (Lipinski definition) is 4. The van der Waals surface area contributed by atoms with Crippen molar-refractivity contribution in [3.8, 4) is 0 Å². The normalized spacial score (nSPS) is 21.5. The minimum atomic E-state index is 0.204. The second-order valence-corrected chi connectivity index (χ2v) is 8.05. The quantitative estimate of drug-likeness (QED) is 0.526. The second kappa shape index (κ2) is 8.73. The average Bonchev–Trinajstić information content (AvgIpc) is 2.22. The van der Waals surface area contributed by atoms with Crippen molar-refractivity contribution in [3.63, 3.8) is 0 Å². The van der Waals surface area contributed by atoms with Crippen LogP contribution in [0.25, 0.3) is 0 Å². The van der Waals surface area contributed by atoms with Crippen molar-refractivity contribution in [1.82, 2.24) is 0 Å². The number of allylic oxidation sites excluding steroid dienone is 4. The first-order chi connectivity index (χ1) is 10.4. The van der Waals surface area contributed by atoms with Crippen molar-refractivity contribution in [3.05, 3.63) is 23.3 Å². The Morgan fingerprint density at radius 3 is 1.26 bits per heavy atom. The van der Waals surface area contributed by atoms with Gasteiger partial charge in [0.25, 0.3) is 0 Å². The molecule has 0 spiro atoms. The summed E-state index contributed by atoms with van der Waals surface area (Å²) in [6, 6.07) is 0. The molecule has 4 nitrogen and oxygen atoms in total. The van der Waals surface area contributed by atoms with Crippen LogP contribution in [0.5, 0.6) is 0 Å². The topological polar surface area (TPSA) is 75.1 Å². The Hall–Kier alpha value is -1.80. The van der Waals surface area contributed by atoms with Gasteiger partial charge in [-0.05, 0) is 49.7 Å². The van der Waals surface area contributed by atoms with Crippen molar-refractivity contribution >= 4 is 17.6 Å². The van der Waals surface area contributed by atoms with E-state index < -0.39 is 0 Å². The fraction of sp³-hybridized carbons (Fsp3) is 0.632. The van der Waals surface area contributed by atoms with Crippen LogP contribution in [-0.4, -0.2) is 17.6 Å². The molecule has 0 aliphatic heterocycles. The van der Waals surface area contributed by atoms with Crippen molar-refractivity contribution in [1.29, 1.82) is 5.41 Å². The van der Waals surface area contributed by atoms with Gasteiger partial charge in [0, 0.05) is 12.8 Å². The van der Waals surface area contributed by atoms with Crippen LogP contribution in [0.3, 0.4) is 0 Å². The Bertz CT molecular complexity index is 501. The molecule has 0 aromatic heterocycles. The largest absolute Gasteiger partial charge is 0.295 e. The second-order valence-electron chi connectivity index (χ2n) is 8.05. The molecule has 0 aromatic rings. The molecule has 2 aliphatic rings. The summed E-state index contributed by atoms with van der Waals surface area (Å²) in [4.78, 5) is 30.4. The van der Waals surface area contributed by atoms with Crippen LogP contribution in [0.15, 0.2) is 23.3 Å². The van der Waals surface area contributed by atoms with Crippen LogP contribution < -0.4 is 0 Å². The van der Waals surface area contributed by atoms with Gasteiger partial charge in [-0.3, -0.25) is 9.59 Å². The van der Waals surface area contributed by atoms with E-state index in [0.29, 0.717) is 12.8 Å². The van der Waals surface area contributed by atoms with Crippen LogP contribution in [0, 0.1) is 16.2 Å². The molecule has 0 heterocycles. The SMILES string of the molecule is CC1=CC(=O)CC(C)(C)C1.CC1=CC(=O)CC(C)(C)C1.N=C=O. The highest BCUT2D eigenvalue weighted by atomic mass is 16.1. The number of hydrogen-bond donors (Lipinski definition) is 1. The van der Waals surface area contributed by atoms with E-state index in [1.807, 2.05) is 13.8 Å². The molecule has 4 heteroatoms. The van der Waals surface area contributed by atoms with E-state index in [2.05, 4.69) is 27.7 Å². The van der Waals surface area contributed by atoms with Gasteiger partial charge in [0.05, 0.1) is 0 Å². The number of carbonyl (C=O) groups is 2. The maximum absolute atomic E-state index is 11.0. The molecular formula is C19H29NO3. The number of carbonyl (C=O) groups excluding carboxylic acids is 3. The lowest BCUT2D eigenvalue weighted by molar-refractivity contribution is -0.117. The van der Waals surface area contributed by atoms with Crippen molar-refractivity contribution in [2.75, 3.05) is 0 Å². The molecule has 1 N–H and O–H groups in total. The van der Waals surface area contributed by atoms with Gasteiger partial charge >= 0.3 is 0 Å². The zero-order valence-corrected chi connectivity index (χ0v) is 15.2. The molecule has 0 bridgehead atoms. The summed E-state index contributed by atoms with van der Waals surface area (Å²) < 4.78 is 0. The summed E-state index contributed by atoms with van der Waals surface area (Å²) in [5, 5.41) is 5.40. The van der Waals surface area contributed by atoms with Crippen molar-refractivity contribution < 1.29 is 14.4 Å². The van der Waals surface area contributed by atoms with E-state index in [4.69, 9.17) is 10.2 Å². The minimum absolute atomic E-state index is 0.204. The summed E-state index contributed by atoms with van der Waals surface area (Å²) in [6.07, 6.45) is 7.85. The van der Waals surface area contributed by atoms with E-state index in [9.17, 15) is 9.59 Å². The van der Waals surface area contributed by atoms with Gasteiger partial charge in [-0.2, -0.15) is 0 Å². The predicted molar refractivity (Wildman–Crippen MR) is 92.0 cm³/mol. The van der Waals surface area contributed by atoms with Gasteiger partial charge in [0.1, 0.15) is 0 Å². The third kappa shape index (κ3) is 9.75. The van der Waals surface area contributed by atoms with Gasteiger partial charge in [0.2, 0.25) is 6.08 Å². The molecule has 2 rings (SSSR count). The first-order valence-corrected chi connectivity index (χ1v) is 7.85. The summed E-state index contributed by atoms with van der Waals surface area (Å²) >= 11 is 0. The van der Waals surface area contributed by atoms with Crippen LogP contribution >= 0.6 is 0 Å². The first kappa shape index (κ1) is 21.2. The van der Waals surface area contributed by atoms with Gasteiger partial charge in [0.15, 0.2) is 11.6 Å². The Labute approximate surface area is 139 Å². The van der Waals surface area contributed by atoms with Crippen LogP contribution in [0.4, 0.5) is 0 Å². The molecule has 23 heavy (non-hydrogen) atoms. The molecule has 0 saturated carbocycles. The number of ketones is 2. The van der Waals surface area contributed by atoms with E-state index in [1.54, 1.807) is 12.2 Å². The van der Waals surface area contributed by atoms with Crippen LogP contribution in [0.2, 0.25) is 0 Å². The standard InChI is InChI=1S/2C9H14O.CHNO/c2*1-7-4-8(10)6-9(2,3)5-7;2-1-3/h2*4H,5-6H2,1-3H3;2H. The summed E-state index contributed by atoms with van der Waals surface area (Å²) in [5.74, 6) is 0.572. The minimum Gasteiger partial charge on any atom is -0.295 e. The highest BCUT2D eigenvalue weighted by molar-refractivity contribution is 5.92. The van der Waals surface area contributed by atoms with Crippen LogP contribution in [-0.2, 0) is 14.4 Å². The van der Waals surface area contributed by atoms with Gasteiger partial charge in [-0.1, -0.05) is 38.8 Å². The lowest BCUT2D eigenvalue weighted by atomic mass is 9.77. The summed E-state index contributed by atoms with van der Waals surface area (Å²) in [7, 11) is 0. The Kier molecular flexibility index (Phi) is 8.05. The van der Waals surface area contributed by atoms with E-state index in [-0.39, 0.29) is 22.4 Å². The monoisotopic (exact) mass is 319 g/mol. The maximum Gasteiger partial charge on any atom is 0.231 e. The summed E-state index contributed by atoms with van der Waals surface area (Å²) in [6.45, 7) is 12.6. The van der Waals surface area contributed by atoms with E-state index in [0.717, 1.165) is 18.9 Å². The Morgan fingerprint density at radius 2 is 1.09 bits per heavy atom. The lowest BCUT2D eigenvalue weighted by Crippen LogP contribution is -2.20. The number of rotatable bonds is 0. The van der Waals surface area contributed by atoms with Gasteiger partial charge in [-0.15, -0.1) is 0 Å². The van der Waals surface area contributed by atoms with Crippen molar-refractivity contribution in [2.24, 2.45) is 10.8 Å². The highest BCUT2D eigenvalue weighted by Crippen LogP contribution is 2.33. The van der Waals surface area contributed by atoms with Crippen molar-refractivity contribution in [2.45, 2.75) is 67.2 Å². The Balaban J connectivity index is 0.000000360. The molecule has 0 fully saturated rings. The molecule has 128 valence electrons. The zero-order chi connectivity index (χ0) is 18.3. The number of nitrogens with one attached hydrogen (secondary N) is 1. The van der Waals surface area contributed by atoms with Crippen LogP contribution in [0.1, 0.15) is 67.2 Å². The molecule has 0 atom stereocenters. The third-order valence-electron chi connectivity index (χ3n) is 3.64. The molecule has 0 radical (unpaired) electrons. The first-order valence-electron chi connectivity index (χ1n) is 7.85. The zero-order valence-electron chi connectivity index (χ0n) is 15.2. The molecule has 0 unspecified atom stereocenters. The maximum atomic E-state index is 11.0. The van der Waals surface area contributed by atoms with E-state index in [1.165, 1.54) is 11.1 Å². The molecule has 0 saturated heterocycles. The smallest absolute Gasteiger partial charge is 0.231 e. The highest BCUT2D eigenvalue weighted by Gasteiger charge is 2.26. The predicted octanol–water partition coefficient (Wildman–Crippen LogP) is 4.54. The third-order valence-corrected chi connectivity index (χ3v) is 3.64. The molecular weight excluding hydrogens is 290 g/mol. The molecule has 0 aromatic carbocycles. The number of isocyanates is 1. The Morgan fingerprint density at radius 1 is 0.826 bits per heavy atom. The lowest BCUT2D eigenvalue weighted by Gasteiger charge is -2.27. The fourth-order valence-electron chi connectivity index (χ4n) is 3.33. The summed E-state index contributed by atoms with van der Waals surface area (Å²) in [5.41, 5.74) is 2.86.